The van der Waals surface area contributed by atoms with Gasteiger partial charge in [0.2, 0.25) is 0 Å². The molecule has 0 N–H and O–H groups in total. The quantitative estimate of drug-likeness (QED) is 0.641. The fraction of sp³-hybridized carbons (Fsp3) is 0.238. The van der Waals surface area contributed by atoms with Gasteiger partial charge in [-0.05, 0) is 23.8 Å². The van der Waals surface area contributed by atoms with E-state index in [0.717, 1.165) is 11.3 Å². The first-order valence-electron chi connectivity index (χ1n) is 8.77. The maximum Gasteiger partial charge on any atom is 0.415 e. The number of carbonyl (C=O) groups is 1. The number of benzene rings is 2. The molecule has 2 aromatic carbocycles. The molecule has 27 heavy (non-hydrogen) atoms. The van der Waals surface area contributed by atoms with E-state index in [1.54, 1.807) is 30.1 Å². The summed E-state index contributed by atoms with van der Waals surface area (Å²) in [5, 5.41) is 4.23. The molecule has 3 aromatic rings. The monoisotopic (exact) mass is 365 g/mol. The number of nitrogens with zero attached hydrogens (tertiary/aromatic N) is 3. The number of ether oxygens (including phenoxy) is 2. The SMILES string of the molecule is CN(CCOC(c1ccccc1)c1ccnn1C)C(=O)Oc1ccccc1. The number of carbonyl (C=O) groups excluding carboxylic acids is 1. The largest absolute Gasteiger partial charge is 0.415 e. The lowest BCUT2D eigenvalue weighted by atomic mass is 10.1. The zero-order valence-corrected chi connectivity index (χ0v) is 15.5. The van der Waals surface area contributed by atoms with Gasteiger partial charge in [0.05, 0.1) is 12.3 Å². The van der Waals surface area contributed by atoms with Crippen LogP contribution in [-0.4, -0.2) is 41.0 Å². The summed E-state index contributed by atoms with van der Waals surface area (Å²) >= 11 is 0. The molecule has 0 saturated heterocycles. The zero-order chi connectivity index (χ0) is 19.1. The van der Waals surface area contributed by atoms with Gasteiger partial charge in [0.1, 0.15) is 11.9 Å². The second kappa shape index (κ2) is 9.00. The zero-order valence-electron chi connectivity index (χ0n) is 15.5. The fourth-order valence-electron chi connectivity index (χ4n) is 2.69. The van der Waals surface area contributed by atoms with Gasteiger partial charge >= 0.3 is 6.09 Å². The predicted octanol–water partition coefficient (Wildman–Crippen LogP) is 3.66. The predicted molar refractivity (Wildman–Crippen MR) is 103 cm³/mol. The molecule has 0 aliphatic rings. The minimum Gasteiger partial charge on any atom is -0.410 e. The molecule has 0 bridgehead atoms. The van der Waals surface area contributed by atoms with Crippen molar-refractivity contribution in [3.63, 3.8) is 0 Å². The molecular formula is C21H23N3O3. The van der Waals surface area contributed by atoms with E-state index in [9.17, 15) is 4.79 Å². The Kier molecular flexibility index (Phi) is 6.22. The van der Waals surface area contributed by atoms with Gasteiger partial charge in [-0.15, -0.1) is 0 Å². The Bertz CT molecular complexity index is 849. The van der Waals surface area contributed by atoms with Gasteiger partial charge in [-0.2, -0.15) is 5.10 Å². The van der Waals surface area contributed by atoms with Crippen molar-refractivity contribution < 1.29 is 14.3 Å². The van der Waals surface area contributed by atoms with Crippen LogP contribution in [0, 0.1) is 0 Å². The number of amides is 1. The summed E-state index contributed by atoms with van der Waals surface area (Å²) in [4.78, 5) is 13.7. The van der Waals surface area contributed by atoms with Gasteiger partial charge in [0.25, 0.3) is 0 Å². The van der Waals surface area contributed by atoms with Crippen LogP contribution in [0.1, 0.15) is 17.4 Å². The first-order chi connectivity index (χ1) is 13.1. The second-order valence-corrected chi connectivity index (χ2v) is 6.14. The molecule has 1 atom stereocenters. The van der Waals surface area contributed by atoms with Crippen LogP contribution in [0.2, 0.25) is 0 Å². The molecule has 0 fully saturated rings. The molecule has 0 saturated carbocycles. The highest BCUT2D eigenvalue weighted by molar-refractivity contribution is 5.70. The van der Waals surface area contributed by atoms with Gasteiger partial charge in [0, 0.05) is 26.8 Å². The standard InChI is InChI=1S/C21H23N3O3/c1-23(21(25)27-18-11-7-4-8-12-18)15-16-26-20(17-9-5-3-6-10-17)19-13-14-22-24(19)2/h3-14,20H,15-16H2,1-2H3. The minimum atomic E-state index is -0.415. The molecule has 0 aliphatic carbocycles. The van der Waals surface area contributed by atoms with E-state index < -0.39 is 6.09 Å². The van der Waals surface area contributed by atoms with Crippen LogP contribution in [0.5, 0.6) is 5.75 Å². The maximum atomic E-state index is 12.2. The summed E-state index contributed by atoms with van der Waals surface area (Å²) in [5.41, 5.74) is 1.99. The van der Waals surface area contributed by atoms with E-state index >= 15 is 0 Å². The van der Waals surface area contributed by atoms with Crippen LogP contribution in [-0.2, 0) is 11.8 Å². The summed E-state index contributed by atoms with van der Waals surface area (Å²) in [7, 11) is 3.58. The van der Waals surface area contributed by atoms with Gasteiger partial charge < -0.3 is 14.4 Å². The van der Waals surface area contributed by atoms with E-state index in [2.05, 4.69) is 5.10 Å². The third-order valence-electron chi connectivity index (χ3n) is 4.20. The second-order valence-electron chi connectivity index (χ2n) is 6.14. The number of para-hydroxylation sites is 1. The van der Waals surface area contributed by atoms with Crippen molar-refractivity contribution in [2.45, 2.75) is 6.10 Å². The molecule has 6 heteroatoms. The van der Waals surface area contributed by atoms with E-state index in [4.69, 9.17) is 9.47 Å². The number of likely N-dealkylation sites (N-methyl/N-ethyl adjacent to an activating group) is 1. The number of hydrogen-bond donors (Lipinski definition) is 0. The van der Waals surface area contributed by atoms with Crippen LogP contribution in [0.4, 0.5) is 4.79 Å². The molecule has 1 unspecified atom stereocenters. The number of rotatable bonds is 7. The van der Waals surface area contributed by atoms with Crippen molar-refractivity contribution in [3.8, 4) is 5.75 Å². The van der Waals surface area contributed by atoms with Crippen LogP contribution in [0.25, 0.3) is 0 Å². The molecule has 1 aromatic heterocycles. The molecule has 140 valence electrons. The topological polar surface area (TPSA) is 56.6 Å². The average Bonchev–Trinajstić information content (AvgIpc) is 3.12. The van der Waals surface area contributed by atoms with Crippen molar-refractivity contribution in [1.82, 2.24) is 14.7 Å². The molecule has 1 heterocycles. The van der Waals surface area contributed by atoms with E-state index in [0.29, 0.717) is 18.9 Å². The summed E-state index contributed by atoms with van der Waals surface area (Å²) in [6.45, 7) is 0.776. The first-order valence-corrected chi connectivity index (χ1v) is 8.77. The third-order valence-corrected chi connectivity index (χ3v) is 4.20. The molecular weight excluding hydrogens is 342 g/mol. The van der Waals surface area contributed by atoms with Gasteiger partial charge in [0.15, 0.2) is 0 Å². The van der Waals surface area contributed by atoms with Crippen LogP contribution < -0.4 is 4.74 Å². The van der Waals surface area contributed by atoms with Crippen LogP contribution >= 0.6 is 0 Å². The van der Waals surface area contributed by atoms with Crippen LogP contribution in [0.3, 0.4) is 0 Å². The summed E-state index contributed by atoms with van der Waals surface area (Å²) in [6.07, 6.45) is 1.08. The number of hydrogen-bond acceptors (Lipinski definition) is 4. The van der Waals surface area contributed by atoms with Crippen molar-refractivity contribution in [1.29, 1.82) is 0 Å². The van der Waals surface area contributed by atoms with Gasteiger partial charge in [-0.25, -0.2) is 4.79 Å². The van der Waals surface area contributed by atoms with Crippen molar-refractivity contribution in [2.75, 3.05) is 20.2 Å². The van der Waals surface area contributed by atoms with E-state index in [1.165, 1.54) is 4.90 Å². The number of aromatic nitrogens is 2. The highest BCUT2D eigenvalue weighted by Crippen LogP contribution is 2.25. The highest BCUT2D eigenvalue weighted by Gasteiger charge is 2.19. The maximum absolute atomic E-state index is 12.2. The molecule has 3 rings (SSSR count). The molecule has 0 radical (unpaired) electrons. The normalized spacial score (nSPS) is 11.8. The smallest absolute Gasteiger partial charge is 0.410 e. The molecule has 0 aliphatic heterocycles. The van der Waals surface area contributed by atoms with Crippen molar-refractivity contribution >= 4 is 6.09 Å². The molecule has 1 amide bonds. The summed E-state index contributed by atoms with van der Waals surface area (Å²) < 4.78 is 13.2. The fourth-order valence-corrected chi connectivity index (χ4v) is 2.69. The average molecular weight is 365 g/mol. The lowest BCUT2D eigenvalue weighted by Crippen LogP contribution is -2.33. The Morgan fingerprint density at radius 1 is 1.07 bits per heavy atom. The highest BCUT2D eigenvalue weighted by atomic mass is 16.6. The third kappa shape index (κ3) is 4.95. The van der Waals surface area contributed by atoms with Gasteiger partial charge in [-0.1, -0.05) is 48.5 Å². The Labute approximate surface area is 158 Å². The van der Waals surface area contributed by atoms with E-state index in [1.807, 2.05) is 61.6 Å². The van der Waals surface area contributed by atoms with Gasteiger partial charge in [-0.3, -0.25) is 4.68 Å². The van der Waals surface area contributed by atoms with Crippen molar-refractivity contribution in [3.05, 3.63) is 84.2 Å². The minimum absolute atomic E-state index is 0.253. The van der Waals surface area contributed by atoms with Crippen LogP contribution in [0.15, 0.2) is 72.9 Å². The summed E-state index contributed by atoms with van der Waals surface area (Å²) in [5.74, 6) is 0.521. The lowest BCUT2D eigenvalue weighted by molar-refractivity contribution is 0.0602. The van der Waals surface area contributed by atoms with E-state index in [-0.39, 0.29) is 6.10 Å². The van der Waals surface area contributed by atoms with Crippen molar-refractivity contribution in [2.24, 2.45) is 7.05 Å². The lowest BCUT2D eigenvalue weighted by Gasteiger charge is -2.21. The molecule has 6 nitrogen and oxygen atoms in total. The Morgan fingerprint density at radius 3 is 2.37 bits per heavy atom. The summed E-state index contributed by atoms with van der Waals surface area (Å²) in [6, 6.07) is 20.9. The molecule has 0 spiro atoms. The first kappa shape index (κ1) is 18.7. The Hall–Kier alpha value is -3.12. The Balaban J connectivity index is 1.59. The Morgan fingerprint density at radius 2 is 1.74 bits per heavy atom. The number of aryl methyl sites for hydroxylation is 1.